The lowest BCUT2D eigenvalue weighted by Gasteiger charge is -2.08. The fraction of sp³-hybridized carbons (Fsp3) is 0.312. The molecule has 0 saturated carbocycles. The molecule has 0 atom stereocenters. The van der Waals surface area contributed by atoms with E-state index in [1.165, 1.54) is 11.1 Å². The van der Waals surface area contributed by atoms with Crippen molar-refractivity contribution >= 4 is 17.5 Å². The second-order valence-corrected chi connectivity index (χ2v) is 5.45. The first kappa shape index (κ1) is 16.4. The van der Waals surface area contributed by atoms with Crippen LogP contribution >= 0.6 is 0 Å². The number of aryl methyl sites for hydroxylation is 3. The SMILES string of the molecule is Cc1cc(C)cc(NC(N)=NCCCc2[nH]nc(N)c2C#N)c1. The Hall–Kier alpha value is -3.01. The zero-order valence-corrected chi connectivity index (χ0v) is 13.3. The van der Waals surface area contributed by atoms with Gasteiger partial charge in [-0.15, -0.1) is 0 Å². The van der Waals surface area contributed by atoms with Crippen molar-refractivity contribution in [2.45, 2.75) is 26.7 Å². The van der Waals surface area contributed by atoms with E-state index < -0.39 is 0 Å². The average Bonchev–Trinajstić information content (AvgIpc) is 2.82. The van der Waals surface area contributed by atoms with E-state index in [1.807, 2.05) is 32.0 Å². The molecule has 2 rings (SSSR count). The molecule has 0 aliphatic rings. The van der Waals surface area contributed by atoms with Crippen LogP contribution in [0.25, 0.3) is 0 Å². The van der Waals surface area contributed by atoms with Gasteiger partial charge in [-0.2, -0.15) is 10.4 Å². The van der Waals surface area contributed by atoms with E-state index in [2.05, 4.69) is 26.6 Å². The highest BCUT2D eigenvalue weighted by Crippen LogP contribution is 2.14. The molecular weight excluding hydrogens is 290 g/mol. The number of aromatic nitrogens is 2. The molecule has 0 fully saturated rings. The molecule has 1 heterocycles. The molecular formula is C16H21N7. The quantitative estimate of drug-likeness (QED) is 0.380. The number of nitrogens with zero attached hydrogens (tertiary/aromatic N) is 3. The summed E-state index contributed by atoms with van der Waals surface area (Å²) in [6, 6.07) is 8.18. The number of nitrogens with two attached hydrogens (primary N) is 2. The van der Waals surface area contributed by atoms with Gasteiger partial charge in [-0.25, -0.2) is 0 Å². The normalized spacial score (nSPS) is 11.3. The molecule has 23 heavy (non-hydrogen) atoms. The van der Waals surface area contributed by atoms with Crippen LogP contribution in [0.3, 0.4) is 0 Å². The van der Waals surface area contributed by atoms with Crippen LogP contribution in [-0.4, -0.2) is 22.7 Å². The monoisotopic (exact) mass is 311 g/mol. The van der Waals surface area contributed by atoms with E-state index in [0.29, 0.717) is 24.5 Å². The van der Waals surface area contributed by atoms with Gasteiger partial charge in [0.15, 0.2) is 11.8 Å². The molecule has 7 nitrogen and oxygen atoms in total. The molecule has 0 amide bonds. The Balaban J connectivity index is 1.86. The van der Waals surface area contributed by atoms with Gasteiger partial charge in [-0.3, -0.25) is 10.1 Å². The van der Waals surface area contributed by atoms with Crippen molar-refractivity contribution in [1.82, 2.24) is 10.2 Å². The number of guanidine groups is 1. The molecule has 7 heteroatoms. The largest absolute Gasteiger partial charge is 0.381 e. The second kappa shape index (κ2) is 7.31. The minimum atomic E-state index is 0.238. The van der Waals surface area contributed by atoms with Crippen LogP contribution in [0.2, 0.25) is 0 Å². The van der Waals surface area contributed by atoms with Crippen molar-refractivity contribution in [3.05, 3.63) is 40.6 Å². The van der Waals surface area contributed by atoms with Crippen molar-refractivity contribution in [3.8, 4) is 6.07 Å². The summed E-state index contributed by atoms with van der Waals surface area (Å²) in [6.07, 6.45) is 1.39. The van der Waals surface area contributed by atoms with Crippen molar-refractivity contribution in [2.24, 2.45) is 10.7 Å². The topological polar surface area (TPSA) is 129 Å². The third-order valence-corrected chi connectivity index (χ3v) is 3.34. The standard InChI is InChI=1S/C16H21N7/c1-10-6-11(2)8-12(7-10)21-16(19)20-5-3-4-14-13(9-17)15(18)23-22-14/h6-8H,3-5H2,1-2H3,(H3,18,22,23)(H3,19,20,21). The molecule has 120 valence electrons. The number of aromatic amines is 1. The maximum Gasteiger partial charge on any atom is 0.193 e. The van der Waals surface area contributed by atoms with E-state index in [-0.39, 0.29) is 5.82 Å². The molecule has 0 saturated heterocycles. The van der Waals surface area contributed by atoms with Crippen molar-refractivity contribution < 1.29 is 0 Å². The zero-order valence-electron chi connectivity index (χ0n) is 13.3. The van der Waals surface area contributed by atoms with E-state index >= 15 is 0 Å². The Kier molecular flexibility index (Phi) is 5.20. The molecule has 1 aromatic heterocycles. The number of hydrogen-bond acceptors (Lipinski definition) is 4. The smallest absolute Gasteiger partial charge is 0.193 e. The fourth-order valence-electron chi connectivity index (χ4n) is 2.39. The maximum atomic E-state index is 8.99. The van der Waals surface area contributed by atoms with E-state index in [0.717, 1.165) is 17.8 Å². The number of nitriles is 1. The van der Waals surface area contributed by atoms with E-state index in [4.69, 9.17) is 16.7 Å². The summed E-state index contributed by atoms with van der Waals surface area (Å²) in [4.78, 5) is 4.29. The first-order valence-electron chi connectivity index (χ1n) is 7.37. The van der Waals surface area contributed by atoms with Crippen LogP contribution < -0.4 is 16.8 Å². The Labute approximate surface area is 135 Å². The number of nitrogen functional groups attached to an aromatic ring is 1. The summed E-state index contributed by atoms with van der Waals surface area (Å²) in [5.74, 6) is 0.613. The fourth-order valence-corrected chi connectivity index (χ4v) is 2.39. The van der Waals surface area contributed by atoms with Crippen LogP contribution in [0.15, 0.2) is 23.2 Å². The summed E-state index contributed by atoms with van der Waals surface area (Å²) < 4.78 is 0. The highest BCUT2D eigenvalue weighted by atomic mass is 15.2. The summed E-state index contributed by atoms with van der Waals surface area (Å²) in [6.45, 7) is 4.62. The number of hydrogen-bond donors (Lipinski definition) is 4. The van der Waals surface area contributed by atoms with Gasteiger partial charge in [0.25, 0.3) is 0 Å². The highest BCUT2D eigenvalue weighted by molar-refractivity contribution is 5.92. The summed E-state index contributed by atoms with van der Waals surface area (Å²) in [5.41, 5.74) is 15.9. The number of nitrogens with one attached hydrogen (secondary N) is 2. The van der Waals surface area contributed by atoms with E-state index in [9.17, 15) is 0 Å². The minimum absolute atomic E-state index is 0.238. The molecule has 0 aliphatic carbocycles. The van der Waals surface area contributed by atoms with Crippen LogP contribution in [0, 0.1) is 25.2 Å². The number of anilines is 2. The second-order valence-electron chi connectivity index (χ2n) is 5.45. The van der Waals surface area contributed by atoms with Crippen molar-refractivity contribution in [2.75, 3.05) is 17.6 Å². The Morgan fingerprint density at radius 2 is 2.04 bits per heavy atom. The van der Waals surface area contributed by atoms with E-state index in [1.54, 1.807) is 0 Å². The molecule has 0 spiro atoms. The van der Waals surface area contributed by atoms with Gasteiger partial charge >= 0.3 is 0 Å². The molecule has 0 aliphatic heterocycles. The Bertz CT molecular complexity index is 732. The number of H-pyrrole nitrogens is 1. The summed E-state index contributed by atoms with van der Waals surface area (Å²) in [7, 11) is 0. The van der Waals surface area contributed by atoms with Gasteiger partial charge in [0.05, 0.1) is 5.69 Å². The number of aliphatic imine (C=N–C) groups is 1. The minimum Gasteiger partial charge on any atom is -0.381 e. The summed E-state index contributed by atoms with van der Waals surface area (Å²) >= 11 is 0. The maximum absolute atomic E-state index is 8.99. The summed E-state index contributed by atoms with van der Waals surface area (Å²) in [5, 5.41) is 18.7. The first-order valence-corrected chi connectivity index (χ1v) is 7.37. The van der Waals surface area contributed by atoms with Gasteiger partial charge in [-0.05, 0) is 49.9 Å². The van der Waals surface area contributed by atoms with Crippen LogP contribution in [0.5, 0.6) is 0 Å². The third-order valence-electron chi connectivity index (χ3n) is 3.34. The first-order chi connectivity index (χ1) is 11.0. The average molecular weight is 311 g/mol. The van der Waals surface area contributed by atoms with Crippen LogP contribution in [0.4, 0.5) is 11.5 Å². The van der Waals surface area contributed by atoms with Gasteiger partial charge in [0, 0.05) is 12.2 Å². The van der Waals surface area contributed by atoms with Crippen LogP contribution in [0.1, 0.15) is 28.8 Å². The van der Waals surface area contributed by atoms with Gasteiger partial charge in [0.2, 0.25) is 0 Å². The molecule has 6 N–H and O–H groups in total. The predicted octanol–water partition coefficient (Wildman–Crippen LogP) is 1.84. The molecule has 0 radical (unpaired) electrons. The molecule has 2 aromatic rings. The Morgan fingerprint density at radius 1 is 1.35 bits per heavy atom. The predicted molar refractivity (Wildman–Crippen MR) is 92.1 cm³/mol. The molecule has 1 aromatic carbocycles. The van der Waals surface area contributed by atoms with Gasteiger partial charge in [-0.1, -0.05) is 6.07 Å². The van der Waals surface area contributed by atoms with Crippen molar-refractivity contribution in [1.29, 1.82) is 5.26 Å². The van der Waals surface area contributed by atoms with Gasteiger partial charge < -0.3 is 16.8 Å². The molecule has 0 bridgehead atoms. The van der Waals surface area contributed by atoms with Crippen molar-refractivity contribution in [3.63, 3.8) is 0 Å². The zero-order chi connectivity index (χ0) is 16.8. The molecule has 0 unspecified atom stereocenters. The lowest BCUT2D eigenvalue weighted by atomic mass is 10.1. The number of benzene rings is 1. The van der Waals surface area contributed by atoms with Crippen LogP contribution in [-0.2, 0) is 6.42 Å². The Morgan fingerprint density at radius 3 is 2.70 bits per heavy atom. The number of rotatable bonds is 5. The lowest BCUT2D eigenvalue weighted by molar-refractivity contribution is 0.802. The van der Waals surface area contributed by atoms with Gasteiger partial charge in [0.1, 0.15) is 11.6 Å². The lowest BCUT2D eigenvalue weighted by Crippen LogP contribution is -2.23. The highest BCUT2D eigenvalue weighted by Gasteiger charge is 2.09. The third kappa shape index (κ3) is 4.48.